The Balaban J connectivity index is 2.67. The first-order valence-electron chi connectivity index (χ1n) is 5.95. The lowest BCUT2D eigenvalue weighted by Crippen LogP contribution is -1.98. The van der Waals surface area contributed by atoms with Crippen LogP contribution < -0.4 is 0 Å². The summed E-state index contributed by atoms with van der Waals surface area (Å²) < 4.78 is 5.41. The molecular formula is C14H16O3. The van der Waals surface area contributed by atoms with E-state index in [0.29, 0.717) is 5.58 Å². The van der Waals surface area contributed by atoms with E-state index in [4.69, 9.17) is 9.52 Å². The SMILES string of the molecule is CCCc1c(C(=O)O)oc2ccc(CC)cc12. The number of carbonyl (C=O) groups is 1. The number of rotatable bonds is 4. The summed E-state index contributed by atoms with van der Waals surface area (Å²) in [6.45, 7) is 4.12. The van der Waals surface area contributed by atoms with Crippen molar-refractivity contribution in [2.45, 2.75) is 33.1 Å². The number of hydrogen-bond donors (Lipinski definition) is 1. The van der Waals surface area contributed by atoms with Crippen LogP contribution in [0.2, 0.25) is 0 Å². The monoisotopic (exact) mass is 232 g/mol. The standard InChI is InChI=1S/C14H16O3/c1-3-5-10-11-8-9(4-2)6-7-12(11)17-13(10)14(15)16/h6-8H,3-5H2,1-2H3,(H,15,16). The van der Waals surface area contributed by atoms with E-state index in [9.17, 15) is 4.79 Å². The molecule has 0 amide bonds. The van der Waals surface area contributed by atoms with Gasteiger partial charge in [-0.25, -0.2) is 4.79 Å². The van der Waals surface area contributed by atoms with Gasteiger partial charge in [-0.3, -0.25) is 0 Å². The molecule has 1 aromatic carbocycles. The van der Waals surface area contributed by atoms with Crippen molar-refractivity contribution in [1.29, 1.82) is 0 Å². The average molecular weight is 232 g/mol. The van der Waals surface area contributed by atoms with Crippen molar-refractivity contribution in [2.24, 2.45) is 0 Å². The summed E-state index contributed by atoms with van der Waals surface area (Å²) in [5.74, 6) is -0.891. The van der Waals surface area contributed by atoms with Crippen LogP contribution in [0.5, 0.6) is 0 Å². The normalized spacial score (nSPS) is 10.9. The van der Waals surface area contributed by atoms with Gasteiger partial charge < -0.3 is 9.52 Å². The van der Waals surface area contributed by atoms with E-state index in [1.165, 1.54) is 5.56 Å². The van der Waals surface area contributed by atoms with Crippen LogP contribution in [0.4, 0.5) is 0 Å². The van der Waals surface area contributed by atoms with Crippen LogP contribution in [0.25, 0.3) is 11.0 Å². The lowest BCUT2D eigenvalue weighted by molar-refractivity contribution is 0.0663. The third-order valence-corrected chi connectivity index (χ3v) is 2.96. The van der Waals surface area contributed by atoms with Crippen LogP contribution >= 0.6 is 0 Å². The van der Waals surface area contributed by atoms with Crippen molar-refractivity contribution in [3.8, 4) is 0 Å². The fourth-order valence-electron chi connectivity index (χ4n) is 2.09. The van der Waals surface area contributed by atoms with Crippen molar-refractivity contribution in [3.05, 3.63) is 35.1 Å². The number of furan rings is 1. The molecule has 2 rings (SSSR count). The molecule has 1 aromatic heterocycles. The molecular weight excluding hydrogens is 216 g/mol. The quantitative estimate of drug-likeness (QED) is 0.875. The molecule has 0 unspecified atom stereocenters. The summed E-state index contributed by atoms with van der Waals surface area (Å²) in [7, 11) is 0. The van der Waals surface area contributed by atoms with Gasteiger partial charge in [0, 0.05) is 10.9 Å². The minimum atomic E-state index is -0.984. The number of benzene rings is 1. The lowest BCUT2D eigenvalue weighted by Gasteiger charge is -1.98. The largest absolute Gasteiger partial charge is 0.475 e. The Morgan fingerprint density at radius 3 is 2.71 bits per heavy atom. The fraction of sp³-hybridized carbons (Fsp3) is 0.357. The highest BCUT2D eigenvalue weighted by Gasteiger charge is 2.19. The molecule has 0 spiro atoms. The lowest BCUT2D eigenvalue weighted by atomic mass is 10.0. The van der Waals surface area contributed by atoms with Gasteiger partial charge >= 0.3 is 5.97 Å². The number of aryl methyl sites for hydroxylation is 2. The van der Waals surface area contributed by atoms with Gasteiger partial charge in [-0.15, -0.1) is 0 Å². The Kier molecular flexibility index (Phi) is 3.18. The van der Waals surface area contributed by atoms with Crippen molar-refractivity contribution >= 4 is 16.9 Å². The van der Waals surface area contributed by atoms with Gasteiger partial charge in [0.1, 0.15) is 5.58 Å². The van der Waals surface area contributed by atoms with E-state index < -0.39 is 5.97 Å². The van der Waals surface area contributed by atoms with Crippen LogP contribution in [0.3, 0.4) is 0 Å². The summed E-state index contributed by atoms with van der Waals surface area (Å²) in [4.78, 5) is 11.1. The van der Waals surface area contributed by atoms with Crippen LogP contribution in [-0.2, 0) is 12.8 Å². The first-order valence-corrected chi connectivity index (χ1v) is 5.95. The molecule has 1 N–H and O–H groups in total. The zero-order valence-electron chi connectivity index (χ0n) is 10.1. The van der Waals surface area contributed by atoms with Gasteiger partial charge in [0.05, 0.1) is 0 Å². The predicted octanol–water partition coefficient (Wildman–Crippen LogP) is 3.65. The second-order valence-electron chi connectivity index (χ2n) is 4.15. The topological polar surface area (TPSA) is 50.4 Å². The minimum absolute atomic E-state index is 0.0927. The van der Waals surface area contributed by atoms with E-state index in [0.717, 1.165) is 30.2 Å². The summed E-state index contributed by atoms with van der Waals surface area (Å²) in [6, 6.07) is 5.88. The highest BCUT2D eigenvalue weighted by molar-refractivity contribution is 5.95. The smallest absolute Gasteiger partial charge is 0.372 e. The van der Waals surface area contributed by atoms with E-state index >= 15 is 0 Å². The zero-order chi connectivity index (χ0) is 12.4. The predicted molar refractivity (Wildman–Crippen MR) is 66.5 cm³/mol. The Morgan fingerprint density at radius 1 is 1.35 bits per heavy atom. The van der Waals surface area contributed by atoms with Crippen molar-refractivity contribution in [3.63, 3.8) is 0 Å². The van der Waals surface area contributed by atoms with Gasteiger partial charge in [-0.2, -0.15) is 0 Å². The Bertz CT molecular complexity index is 552. The number of hydrogen-bond acceptors (Lipinski definition) is 2. The Morgan fingerprint density at radius 2 is 2.12 bits per heavy atom. The van der Waals surface area contributed by atoms with Crippen molar-refractivity contribution in [1.82, 2.24) is 0 Å². The summed E-state index contributed by atoms with van der Waals surface area (Å²) in [5, 5.41) is 10.1. The van der Waals surface area contributed by atoms with Gasteiger partial charge in [0.15, 0.2) is 0 Å². The second-order valence-corrected chi connectivity index (χ2v) is 4.15. The molecule has 3 nitrogen and oxygen atoms in total. The van der Waals surface area contributed by atoms with E-state index in [1.54, 1.807) is 0 Å². The van der Waals surface area contributed by atoms with Crippen LogP contribution in [0.15, 0.2) is 22.6 Å². The third-order valence-electron chi connectivity index (χ3n) is 2.96. The molecule has 0 aliphatic carbocycles. The number of carboxylic acid groups (broad SMARTS) is 1. The molecule has 0 fully saturated rings. The van der Waals surface area contributed by atoms with E-state index in [1.807, 2.05) is 25.1 Å². The zero-order valence-corrected chi connectivity index (χ0v) is 10.1. The Labute approximate surface area is 100 Å². The number of aromatic carboxylic acids is 1. The van der Waals surface area contributed by atoms with Gasteiger partial charge in [-0.05, 0) is 30.5 Å². The van der Waals surface area contributed by atoms with E-state index in [2.05, 4.69) is 6.92 Å². The van der Waals surface area contributed by atoms with Crippen LogP contribution in [0, 0.1) is 0 Å². The Hall–Kier alpha value is -1.77. The third kappa shape index (κ3) is 2.05. The molecule has 0 aliphatic heterocycles. The number of fused-ring (bicyclic) bond motifs is 1. The number of carboxylic acids is 1. The summed E-state index contributed by atoms with van der Waals surface area (Å²) in [5.41, 5.74) is 2.70. The molecule has 17 heavy (non-hydrogen) atoms. The fourth-order valence-corrected chi connectivity index (χ4v) is 2.09. The molecule has 0 aliphatic rings. The molecule has 0 saturated carbocycles. The first-order chi connectivity index (χ1) is 8.17. The molecule has 3 heteroatoms. The maximum absolute atomic E-state index is 11.1. The summed E-state index contributed by atoms with van der Waals surface area (Å²) >= 11 is 0. The maximum atomic E-state index is 11.1. The molecule has 1 heterocycles. The molecule has 90 valence electrons. The molecule has 0 atom stereocenters. The summed E-state index contributed by atoms with van der Waals surface area (Å²) in [6.07, 6.45) is 2.59. The van der Waals surface area contributed by atoms with Gasteiger partial charge in [-0.1, -0.05) is 26.3 Å². The van der Waals surface area contributed by atoms with Crippen LogP contribution in [-0.4, -0.2) is 11.1 Å². The van der Waals surface area contributed by atoms with Crippen molar-refractivity contribution < 1.29 is 14.3 Å². The molecule has 2 aromatic rings. The highest BCUT2D eigenvalue weighted by atomic mass is 16.4. The minimum Gasteiger partial charge on any atom is -0.475 e. The maximum Gasteiger partial charge on any atom is 0.372 e. The van der Waals surface area contributed by atoms with E-state index in [-0.39, 0.29) is 5.76 Å². The second kappa shape index (κ2) is 4.62. The highest BCUT2D eigenvalue weighted by Crippen LogP contribution is 2.28. The van der Waals surface area contributed by atoms with Crippen molar-refractivity contribution in [2.75, 3.05) is 0 Å². The van der Waals surface area contributed by atoms with Gasteiger partial charge in [0.2, 0.25) is 5.76 Å². The average Bonchev–Trinajstić information content (AvgIpc) is 2.68. The molecule has 0 bridgehead atoms. The van der Waals surface area contributed by atoms with Crippen LogP contribution in [0.1, 0.15) is 41.9 Å². The first kappa shape index (κ1) is 11.7. The van der Waals surface area contributed by atoms with Gasteiger partial charge in [0.25, 0.3) is 0 Å². The molecule has 0 saturated heterocycles. The molecule has 0 radical (unpaired) electrons.